The van der Waals surface area contributed by atoms with E-state index in [-0.39, 0.29) is 5.41 Å². The van der Waals surface area contributed by atoms with Gasteiger partial charge in [-0.2, -0.15) is 11.8 Å². The molecule has 0 unspecified atom stereocenters. The minimum Gasteiger partial charge on any atom is -0.318 e. The smallest absolute Gasteiger partial charge is 0.0618 e. The average molecular weight is 397 g/mol. The molecular formula is C23H40OS2. The highest BCUT2D eigenvalue weighted by Gasteiger charge is 2.12. The SMILES string of the molecule is CC(C)(C)c1ccc(CCCCCCCCCCSCCCOS)cc1. The summed E-state index contributed by atoms with van der Waals surface area (Å²) < 4.78 is 4.76. The van der Waals surface area contributed by atoms with Gasteiger partial charge in [0.15, 0.2) is 0 Å². The van der Waals surface area contributed by atoms with Crippen LogP contribution in [0.15, 0.2) is 24.3 Å². The van der Waals surface area contributed by atoms with Gasteiger partial charge in [-0.3, -0.25) is 0 Å². The van der Waals surface area contributed by atoms with E-state index < -0.39 is 0 Å². The molecule has 0 saturated carbocycles. The molecule has 1 aromatic carbocycles. The van der Waals surface area contributed by atoms with E-state index in [1.807, 2.05) is 0 Å². The Balaban J connectivity index is 1.89. The number of unbranched alkanes of at least 4 members (excludes halogenated alkanes) is 7. The van der Waals surface area contributed by atoms with Crippen molar-refractivity contribution in [3.63, 3.8) is 0 Å². The predicted molar refractivity (Wildman–Crippen MR) is 123 cm³/mol. The van der Waals surface area contributed by atoms with E-state index in [2.05, 4.69) is 69.7 Å². The molecule has 0 amide bonds. The molecule has 0 spiro atoms. The lowest BCUT2D eigenvalue weighted by molar-refractivity contribution is 0.382. The molecule has 1 rings (SSSR count). The van der Waals surface area contributed by atoms with Gasteiger partial charge in [0.05, 0.1) is 6.61 Å². The molecule has 26 heavy (non-hydrogen) atoms. The van der Waals surface area contributed by atoms with Crippen LogP contribution >= 0.6 is 24.7 Å². The molecule has 0 saturated heterocycles. The zero-order valence-electron chi connectivity index (χ0n) is 17.3. The third kappa shape index (κ3) is 12.3. The van der Waals surface area contributed by atoms with E-state index in [1.54, 1.807) is 0 Å². The third-order valence-corrected chi connectivity index (χ3v) is 6.19. The normalized spacial score (nSPS) is 11.8. The van der Waals surface area contributed by atoms with Crippen LogP contribution in [0, 0.1) is 0 Å². The maximum Gasteiger partial charge on any atom is 0.0618 e. The van der Waals surface area contributed by atoms with Gasteiger partial charge < -0.3 is 4.18 Å². The van der Waals surface area contributed by atoms with E-state index in [9.17, 15) is 0 Å². The van der Waals surface area contributed by atoms with Gasteiger partial charge in [0.1, 0.15) is 0 Å². The van der Waals surface area contributed by atoms with Gasteiger partial charge in [-0.25, -0.2) is 0 Å². The summed E-state index contributed by atoms with van der Waals surface area (Å²) in [5.74, 6) is 2.51. The van der Waals surface area contributed by atoms with Gasteiger partial charge in [-0.15, -0.1) is 0 Å². The van der Waals surface area contributed by atoms with Crippen LogP contribution < -0.4 is 0 Å². The topological polar surface area (TPSA) is 9.23 Å². The van der Waals surface area contributed by atoms with Crippen LogP contribution in [-0.4, -0.2) is 18.1 Å². The molecular weight excluding hydrogens is 356 g/mol. The highest BCUT2D eigenvalue weighted by molar-refractivity contribution is 7.99. The van der Waals surface area contributed by atoms with Crippen molar-refractivity contribution in [2.45, 2.75) is 90.4 Å². The number of hydrogen-bond acceptors (Lipinski definition) is 3. The third-order valence-electron chi connectivity index (χ3n) is 4.85. The van der Waals surface area contributed by atoms with E-state index >= 15 is 0 Å². The predicted octanol–water partition coefficient (Wildman–Crippen LogP) is 7.63. The molecule has 0 aromatic heterocycles. The van der Waals surface area contributed by atoms with Crippen LogP contribution in [0.25, 0.3) is 0 Å². The van der Waals surface area contributed by atoms with Gasteiger partial charge in [-0.05, 0) is 66.6 Å². The molecule has 3 heteroatoms. The minimum absolute atomic E-state index is 0.262. The first-order valence-corrected chi connectivity index (χ1v) is 12.0. The molecule has 0 radical (unpaired) electrons. The second kappa shape index (κ2) is 14.9. The van der Waals surface area contributed by atoms with Crippen molar-refractivity contribution >= 4 is 24.7 Å². The Kier molecular flexibility index (Phi) is 13.7. The summed E-state index contributed by atoms with van der Waals surface area (Å²) in [5, 5.41) is 0. The molecule has 0 heterocycles. The first kappa shape index (κ1) is 23.9. The van der Waals surface area contributed by atoms with Crippen molar-refractivity contribution in [3.05, 3.63) is 35.4 Å². The van der Waals surface area contributed by atoms with Crippen molar-refractivity contribution in [3.8, 4) is 0 Å². The van der Waals surface area contributed by atoms with Crippen LogP contribution in [0.5, 0.6) is 0 Å². The van der Waals surface area contributed by atoms with Crippen LogP contribution in [0.4, 0.5) is 0 Å². The van der Waals surface area contributed by atoms with Gasteiger partial charge >= 0.3 is 0 Å². The lowest BCUT2D eigenvalue weighted by atomic mass is 9.86. The summed E-state index contributed by atoms with van der Waals surface area (Å²) in [4.78, 5) is 0. The van der Waals surface area contributed by atoms with Crippen molar-refractivity contribution in [2.24, 2.45) is 0 Å². The molecule has 0 fully saturated rings. The van der Waals surface area contributed by atoms with Gasteiger partial charge in [0.2, 0.25) is 0 Å². The van der Waals surface area contributed by atoms with Gasteiger partial charge in [-0.1, -0.05) is 83.6 Å². The van der Waals surface area contributed by atoms with E-state index in [0.717, 1.165) is 13.0 Å². The van der Waals surface area contributed by atoms with Crippen LogP contribution in [0.1, 0.15) is 89.7 Å². The highest BCUT2D eigenvalue weighted by atomic mass is 32.2. The second-order valence-electron chi connectivity index (χ2n) is 8.32. The fraction of sp³-hybridized carbons (Fsp3) is 0.739. The van der Waals surface area contributed by atoms with Crippen molar-refractivity contribution in [2.75, 3.05) is 18.1 Å². The Morgan fingerprint density at radius 2 is 1.31 bits per heavy atom. The Hall–Kier alpha value is -0.120. The van der Waals surface area contributed by atoms with Crippen LogP contribution in [0.3, 0.4) is 0 Å². The maximum absolute atomic E-state index is 4.76. The molecule has 1 nitrogen and oxygen atoms in total. The monoisotopic (exact) mass is 396 g/mol. The Bertz CT molecular complexity index is 437. The summed E-state index contributed by atoms with van der Waals surface area (Å²) in [7, 11) is 0. The summed E-state index contributed by atoms with van der Waals surface area (Å²) >= 11 is 5.81. The summed E-state index contributed by atoms with van der Waals surface area (Å²) in [6, 6.07) is 9.26. The molecule has 0 aliphatic heterocycles. The Labute approximate surface area is 172 Å². The molecule has 0 N–H and O–H groups in total. The first-order chi connectivity index (χ1) is 12.5. The number of benzene rings is 1. The standard InChI is InChI=1S/C23H40OS2/c1-23(2,3)22-16-14-21(15-17-22)13-10-8-6-4-5-7-9-11-19-26-20-12-18-24-25/h14-17,25H,4-13,18-20H2,1-3H3. The van der Waals surface area contributed by atoms with Crippen LogP contribution in [-0.2, 0) is 16.0 Å². The van der Waals surface area contributed by atoms with Crippen LogP contribution in [0.2, 0.25) is 0 Å². The fourth-order valence-corrected chi connectivity index (χ4v) is 4.16. The number of rotatable bonds is 15. The van der Waals surface area contributed by atoms with Gasteiger partial charge in [0.25, 0.3) is 0 Å². The van der Waals surface area contributed by atoms with E-state index in [4.69, 9.17) is 4.18 Å². The largest absolute Gasteiger partial charge is 0.318 e. The Morgan fingerprint density at radius 1 is 0.769 bits per heavy atom. The maximum atomic E-state index is 4.76. The lowest BCUT2D eigenvalue weighted by Gasteiger charge is -2.19. The quantitative estimate of drug-likeness (QED) is 0.185. The van der Waals surface area contributed by atoms with E-state index in [0.29, 0.717) is 0 Å². The van der Waals surface area contributed by atoms with E-state index in [1.165, 1.54) is 80.4 Å². The first-order valence-electron chi connectivity index (χ1n) is 10.5. The van der Waals surface area contributed by atoms with Crippen molar-refractivity contribution in [1.29, 1.82) is 0 Å². The molecule has 1 aromatic rings. The number of thioether (sulfide) groups is 1. The summed E-state index contributed by atoms with van der Waals surface area (Å²) in [6.45, 7) is 7.61. The van der Waals surface area contributed by atoms with Gasteiger partial charge in [0, 0.05) is 0 Å². The number of aryl methyl sites for hydroxylation is 1. The molecule has 150 valence electrons. The minimum atomic E-state index is 0.262. The number of hydrogen-bond donors (Lipinski definition) is 1. The molecule has 0 aliphatic carbocycles. The Morgan fingerprint density at radius 3 is 1.88 bits per heavy atom. The van der Waals surface area contributed by atoms with Crippen molar-refractivity contribution in [1.82, 2.24) is 0 Å². The molecule has 0 atom stereocenters. The zero-order chi connectivity index (χ0) is 19.1. The fourth-order valence-electron chi connectivity index (χ4n) is 3.09. The van der Waals surface area contributed by atoms with Crippen molar-refractivity contribution < 1.29 is 4.18 Å². The summed E-state index contributed by atoms with van der Waals surface area (Å²) in [5.41, 5.74) is 3.20. The zero-order valence-corrected chi connectivity index (χ0v) is 19.0. The second-order valence-corrected chi connectivity index (χ2v) is 9.81. The number of thiol groups is 1. The average Bonchev–Trinajstić information content (AvgIpc) is 2.61. The lowest BCUT2D eigenvalue weighted by Crippen LogP contribution is -2.10. The molecule has 0 bridgehead atoms. The highest BCUT2D eigenvalue weighted by Crippen LogP contribution is 2.22. The molecule has 0 aliphatic rings. The summed E-state index contributed by atoms with van der Waals surface area (Å²) in [6.07, 6.45) is 13.5.